The van der Waals surface area contributed by atoms with Gasteiger partial charge in [-0.25, -0.2) is 9.18 Å². The van der Waals surface area contributed by atoms with Crippen LogP contribution < -0.4 is 0 Å². The Bertz CT molecular complexity index is 349. The molecule has 0 aromatic heterocycles. The number of aliphatic imine (C=N–C) groups is 1. The molecule has 0 heterocycles. The summed E-state index contributed by atoms with van der Waals surface area (Å²) in [4.78, 5) is 13.8. The van der Waals surface area contributed by atoms with E-state index in [1.807, 2.05) is 19.9 Å². The van der Waals surface area contributed by atoms with Crippen LogP contribution in [0.3, 0.4) is 0 Å². The molecule has 0 saturated carbocycles. The van der Waals surface area contributed by atoms with E-state index in [-0.39, 0.29) is 11.9 Å². The van der Waals surface area contributed by atoms with Crippen LogP contribution in [0, 0.1) is 12.7 Å². The molecule has 0 bridgehead atoms. The van der Waals surface area contributed by atoms with Crippen LogP contribution in [0.25, 0.3) is 0 Å². The third kappa shape index (κ3) is 2.51. The third-order valence-electron chi connectivity index (χ3n) is 2.04. The highest BCUT2D eigenvalue weighted by Crippen LogP contribution is 2.22. The topological polar surface area (TPSA) is 29.4 Å². The van der Waals surface area contributed by atoms with Gasteiger partial charge in [-0.15, -0.1) is 0 Å². The molecule has 0 aliphatic carbocycles. The first-order valence-corrected chi connectivity index (χ1v) is 4.51. The van der Waals surface area contributed by atoms with Crippen molar-refractivity contribution in [2.45, 2.75) is 26.3 Å². The maximum absolute atomic E-state index is 13.0. The quantitative estimate of drug-likeness (QED) is 0.536. The fourth-order valence-electron chi connectivity index (χ4n) is 1.42. The summed E-state index contributed by atoms with van der Waals surface area (Å²) in [5.74, 6) is -0.292. The minimum absolute atomic E-state index is 0.276. The fourth-order valence-corrected chi connectivity index (χ4v) is 1.42. The van der Waals surface area contributed by atoms with Gasteiger partial charge in [-0.05, 0) is 36.6 Å². The highest BCUT2D eigenvalue weighted by Gasteiger charge is 2.08. The second-order valence-corrected chi connectivity index (χ2v) is 3.21. The average molecular weight is 193 g/mol. The average Bonchev–Trinajstić information content (AvgIpc) is 2.12. The summed E-state index contributed by atoms with van der Waals surface area (Å²) >= 11 is 0. The molecule has 1 aromatic carbocycles. The molecule has 3 heteroatoms. The number of aryl methyl sites for hydroxylation is 1. The number of rotatable bonds is 3. The summed E-state index contributed by atoms with van der Waals surface area (Å²) in [5, 5.41) is 0. The van der Waals surface area contributed by atoms with Gasteiger partial charge in [0.2, 0.25) is 6.08 Å². The summed E-state index contributed by atoms with van der Waals surface area (Å²) in [6.07, 6.45) is 2.17. The Labute approximate surface area is 82.5 Å². The second-order valence-electron chi connectivity index (χ2n) is 3.21. The van der Waals surface area contributed by atoms with E-state index in [0.29, 0.717) is 6.42 Å². The maximum atomic E-state index is 13.0. The summed E-state index contributed by atoms with van der Waals surface area (Å²) in [7, 11) is 0. The van der Waals surface area contributed by atoms with Crippen LogP contribution >= 0.6 is 0 Å². The molecule has 74 valence electrons. The molecule has 0 N–H and O–H groups in total. The molecule has 1 rings (SSSR count). The molecule has 0 radical (unpaired) electrons. The molecule has 0 unspecified atom stereocenters. The van der Waals surface area contributed by atoms with Crippen molar-refractivity contribution in [3.05, 3.63) is 35.1 Å². The standard InChI is InChI=1S/C11H12FNO/c1-3-11(13-7-14)9-4-8(2)5-10(12)6-9/h4-6,11H,3H2,1-2H3/t11-/m1/s1. The van der Waals surface area contributed by atoms with E-state index in [2.05, 4.69) is 4.99 Å². The molecular formula is C11H12FNO. The van der Waals surface area contributed by atoms with Gasteiger partial charge in [-0.3, -0.25) is 0 Å². The third-order valence-corrected chi connectivity index (χ3v) is 2.04. The zero-order valence-corrected chi connectivity index (χ0v) is 8.25. The van der Waals surface area contributed by atoms with Gasteiger partial charge in [0.25, 0.3) is 0 Å². The van der Waals surface area contributed by atoms with Gasteiger partial charge in [-0.2, -0.15) is 4.99 Å². The van der Waals surface area contributed by atoms with Crippen LogP contribution in [0.5, 0.6) is 0 Å². The maximum Gasteiger partial charge on any atom is 0.235 e. The van der Waals surface area contributed by atoms with Crippen molar-refractivity contribution in [1.29, 1.82) is 0 Å². The van der Waals surface area contributed by atoms with E-state index in [9.17, 15) is 9.18 Å². The molecule has 0 saturated heterocycles. The first-order chi connectivity index (χ1) is 6.67. The van der Waals surface area contributed by atoms with Crippen LogP contribution in [-0.4, -0.2) is 6.08 Å². The first kappa shape index (κ1) is 10.6. The van der Waals surface area contributed by atoms with Gasteiger partial charge in [0.15, 0.2) is 0 Å². The van der Waals surface area contributed by atoms with Gasteiger partial charge < -0.3 is 0 Å². The van der Waals surface area contributed by atoms with Crippen LogP contribution in [0.2, 0.25) is 0 Å². The van der Waals surface area contributed by atoms with Crippen molar-refractivity contribution in [3.63, 3.8) is 0 Å². The normalized spacial score (nSPS) is 11.9. The van der Waals surface area contributed by atoms with Gasteiger partial charge in [0, 0.05) is 0 Å². The van der Waals surface area contributed by atoms with Crippen molar-refractivity contribution >= 4 is 6.08 Å². The Kier molecular flexibility index (Phi) is 3.55. The number of isocyanates is 1. The Morgan fingerprint density at radius 2 is 2.21 bits per heavy atom. The predicted octanol–water partition coefficient (Wildman–Crippen LogP) is 2.92. The van der Waals surface area contributed by atoms with Crippen molar-refractivity contribution in [2.24, 2.45) is 4.99 Å². The molecule has 0 aliphatic rings. The molecule has 0 spiro atoms. The minimum Gasteiger partial charge on any atom is -0.211 e. The van der Waals surface area contributed by atoms with Crippen molar-refractivity contribution < 1.29 is 9.18 Å². The lowest BCUT2D eigenvalue weighted by Gasteiger charge is -2.08. The van der Waals surface area contributed by atoms with Gasteiger partial charge in [0.1, 0.15) is 5.82 Å². The Morgan fingerprint density at radius 1 is 1.50 bits per heavy atom. The second kappa shape index (κ2) is 4.68. The number of nitrogens with zero attached hydrogens (tertiary/aromatic N) is 1. The number of hydrogen-bond acceptors (Lipinski definition) is 2. The van der Waals surface area contributed by atoms with Crippen molar-refractivity contribution in [2.75, 3.05) is 0 Å². The number of hydrogen-bond donors (Lipinski definition) is 0. The lowest BCUT2D eigenvalue weighted by molar-refractivity contribution is 0.555. The van der Waals surface area contributed by atoms with E-state index in [4.69, 9.17) is 0 Å². The largest absolute Gasteiger partial charge is 0.235 e. The minimum atomic E-state index is -0.292. The van der Waals surface area contributed by atoms with E-state index < -0.39 is 0 Å². The molecule has 1 atom stereocenters. The van der Waals surface area contributed by atoms with Crippen molar-refractivity contribution in [3.8, 4) is 0 Å². The first-order valence-electron chi connectivity index (χ1n) is 4.51. The summed E-state index contributed by atoms with van der Waals surface area (Å²) in [6.45, 7) is 3.70. The molecule has 0 fully saturated rings. The van der Waals surface area contributed by atoms with Gasteiger partial charge in [0.05, 0.1) is 6.04 Å². The van der Waals surface area contributed by atoms with Crippen molar-refractivity contribution in [1.82, 2.24) is 0 Å². The van der Waals surface area contributed by atoms with Crippen LogP contribution in [0.15, 0.2) is 23.2 Å². The van der Waals surface area contributed by atoms with Gasteiger partial charge in [-0.1, -0.05) is 13.0 Å². The summed E-state index contributed by atoms with van der Waals surface area (Å²) in [5.41, 5.74) is 1.56. The van der Waals surface area contributed by atoms with E-state index in [1.54, 1.807) is 0 Å². The number of carbonyl (C=O) groups excluding carboxylic acids is 1. The molecular weight excluding hydrogens is 181 g/mol. The molecule has 14 heavy (non-hydrogen) atoms. The highest BCUT2D eigenvalue weighted by atomic mass is 19.1. The summed E-state index contributed by atoms with van der Waals surface area (Å²) in [6, 6.07) is 4.41. The Hall–Kier alpha value is -1.47. The van der Waals surface area contributed by atoms with E-state index >= 15 is 0 Å². The Morgan fingerprint density at radius 3 is 2.71 bits per heavy atom. The molecule has 0 aliphatic heterocycles. The SMILES string of the molecule is CC[C@@H](N=C=O)c1cc(C)cc(F)c1. The lowest BCUT2D eigenvalue weighted by atomic mass is 10.0. The highest BCUT2D eigenvalue weighted by molar-refractivity contribution is 5.36. The monoisotopic (exact) mass is 193 g/mol. The van der Waals surface area contributed by atoms with Crippen LogP contribution in [0.1, 0.15) is 30.5 Å². The number of halogens is 1. The molecule has 1 aromatic rings. The van der Waals surface area contributed by atoms with Crippen LogP contribution in [-0.2, 0) is 4.79 Å². The zero-order valence-electron chi connectivity index (χ0n) is 8.25. The van der Waals surface area contributed by atoms with E-state index in [0.717, 1.165) is 11.1 Å². The van der Waals surface area contributed by atoms with Crippen LogP contribution in [0.4, 0.5) is 4.39 Å². The van der Waals surface area contributed by atoms with Gasteiger partial charge >= 0.3 is 0 Å². The Balaban J connectivity index is 3.09. The lowest BCUT2D eigenvalue weighted by Crippen LogP contribution is -1.95. The number of benzene rings is 1. The predicted molar refractivity (Wildman–Crippen MR) is 52.3 cm³/mol. The molecule has 0 amide bonds. The zero-order chi connectivity index (χ0) is 10.6. The fraction of sp³-hybridized carbons (Fsp3) is 0.364. The molecule has 2 nitrogen and oxygen atoms in total. The van der Waals surface area contributed by atoms with E-state index in [1.165, 1.54) is 18.2 Å². The summed E-state index contributed by atoms with van der Waals surface area (Å²) < 4.78 is 13.0. The smallest absolute Gasteiger partial charge is 0.211 e.